The van der Waals surface area contributed by atoms with Crippen molar-refractivity contribution in [2.75, 3.05) is 11.9 Å². The van der Waals surface area contributed by atoms with E-state index in [9.17, 15) is 4.79 Å². The highest BCUT2D eigenvalue weighted by molar-refractivity contribution is 6.02. The molecule has 162 valence electrons. The normalized spacial score (nSPS) is 19.2. The van der Waals surface area contributed by atoms with Crippen LogP contribution in [0, 0.1) is 0 Å². The quantitative estimate of drug-likeness (QED) is 0.452. The summed E-state index contributed by atoms with van der Waals surface area (Å²) in [5.74, 6) is 0.982. The molecule has 0 fully saturated rings. The molecule has 1 amide bonds. The van der Waals surface area contributed by atoms with Crippen LogP contribution < -0.4 is 10.1 Å². The number of amides is 1. The lowest BCUT2D eigenvalue weighted by Gasteiger charge is -2.51. The molecule has 2 atom stereocenters. The monoisotopic (exact) mass is 408 g/mol. The van der Waals surface area contributed by atoms with Crippen molar-refractivity contribution in [3.05, 3.63) is 59.7 Å². The molecular formula is C26H36N2O2. The van der Waals surface area contributed by atoms with Crippen LogP contribution in [0.3, 0.4) is 0 Å². The highest BCUT2D eigenvalue weighted by Gasteiger charge is 2.46. The van der Waals surface area contributed by atoms with E-state index < -0.39 is 5.66 Å². The zero-order chi connectivity index (χ0) is 21.6. The van der Waals surface area contributed by atoms with Crippen molar-refractivity contribution in [1.29, 1.82) is 0 Å². The first-order valence-electron chi connectivity index (χ1n) is 11.5. The lowest BCUT2D eigenvalue weighted by molar-refractivity contribution is 0.0335. The molecule has 3 rings (SSSR count). The molecule has 2 aromatic carbocycles. The molecule has 0 saturated carbocycles. The Morgan fingerprint density at radius 2 is 1.73 bits per heavy atom. The second kappa shape index (κ2) is 10.0. The Labute approximate surface area is 181 Å². The average Bonchev–Trinajstić information content (AvgIpc) is 2.78. The Bertz CT molecular complexity index is 833. The second-order valence-electron chi connectivity index (χ2n) is 8.25. The topological polar surface area (TPSA) is 41.6 Å². The van der Waals surface area contributed by atoms with Gasteiger partial charge in [-0.15, -0.1) is 0 Å². The third-order valence-corrected chi connectivity index (χ3v) is 6.27. The third kappa shape index (κ3) is 4.33. The predicted molar refractivity (Wildman–Crippen MR) is 124 cm³/mol. The summed E-state index contributed by atoms with van der Waals surface area (Å²) in [7, 11) is 0. The summed E-state index contributed by atoms with van der Waals surface area (Å²) >= 11 is 0. The standard InChI is InChI=1S/C26H36N2O2/c1-5-8-9-12-19-30-22-17-15-21(16-18-22)26(7-3)27-24-14-11-10-13-23(24)25(29)28(26)20(4)6-2/h10-11,13-18,20,27H,5-9,12,19H2,1-4H3. The van der Waals surface area contributed by atoms with Crippen LogP contribution in [0.1, 0.15) is 82.1 Å². The molecular weight excluding hydrogens is 372 g/mol. The predicted octanol–water partition coefficient (Wildman–Crippen LogP) is 6.57. The maximum absolute atomic E-state index is 13.5. The largest absolute Gasteiger partial charge is 0.494 e. The smallest absolute Gasteiger partial charge is 0.258 e. The van der Waals surface area contributed by atoms with Crippen LogP contribution in [0.5, 0.6) is 5.75 Å². The molecule has 0 aliphatic carbocycles. The first-order valence-corrected chi connectivity index (χ1v) is 11.5. The van der Waals surface area contributed by atoms with Crippen molar-refractivity contribution >= 4 is 11.6 Å². The van der Waals surface area contributed by atoms with Gasteiger partial charge in [0, 0.05) is 11.7 Å². The summed E-state index contributed by atoms with van der Waals surface area (Å²) in [5.41, 5.74) is 2.17. The zero-order valence-corrected chi connectivity index (χ0v) is 18.9. The van der Waals surface area contributed by atoms with Gasteiger partial charge in [0.15, 0.2) is 0 Å². The Morgan fingerprint density at radius 1 is 1.00 bits per heavy atom. The molecule has 1 N–H and O–H groups in total. The van der Waals surface area contributed by atoms with E-state index in [-0.39, 0.29) is 11.9 Å². The number of hydrogen-bond acceptors (Lipinski definition) is 3. The summed E-state index contributed by atoms with van der Waals surface area (Å²) in [4.78, 5) is 15.6. The van der Waals surface area contributed by atoms with Crippen LogP contribution in [0.4, 0.5) is 5.69 Å². The van der Waals surface area contributed by atoms with E-state index in [1.165, 1.54) is 19.3 Å². The van der Waals surface area contributed by atoms with Crippen molar-refractivity contribution in [3.63, 3.8) is 0 Å². The second-order valence-corrected chi connectivity index (χ2v) is 8.25. The first kappa shape index (κ1) is 22.2. The fourth-order valence-corrected chi connectivity index (χ4v) is 4.34. The maximum atomic E-state index is 13.5. The minimum Gasteiger partial charge on any atom is -0.494 e. The number of hydrogen-bond donors (Lipinski definition) is 1. The van der Waals surface area contributed by atoms with Crippen molar-refractivity contribution in [2.24, 2.45) is 0 Å². The molecule has 0 aromatic heterocycles. The van der Waals surface area contributed by atoms with Gasteiger partial charge in [0.1, 0.15) is 11.4 Å². The molecule has 4 heteroatoms. The van der Waals surface area contributed by atoms with Crippen molar-refractivity contribution in [2.45, 2.75) is 77.9 Å². The van der Waals surface area contributed by atoms with Crippen LogP contribution in [0.25, 0.3) is 0 Å². The average molecular weight is 409 g/mol. The molecule has 0 bridgehead atoms. The number of fused-ring (bicyclic) bond motifs is 1. The van der Waals surface area contributed by atoms with E-state index in [4.69, 9.17) is 4.74 Å². The van der Waals surface area contributed by atoms with Gasteiger partial charge >= 0.3 is 0 Å². The van der Waals surface area contributed by atoms with Crippen LogP contribution in [-0.2, 0) is 5.66 Å². The number of nitrogens with one attached hydrogen (secondary N) is 1. The highest BCUT2D eigenvalue weighted by atomic mass is 16.5. The van der Waals surface area contributed by atoms with Gasteiger partial charge in [-0.3, -0.25) is 4.79 Å². The molecule has 1 aliphatic heterocycles. The third-order valence-electron chi connectivity index (χ3n) is 6.27. The number of ether oxygens (including phenoxy) is 1. The number of carbonyl (C=O) groups excluding carboxylic acids is 1. The fourth-order valence-electron chi connectivity index (χ4n) is 4.34. The van der Waals surface area contributed by atoms with E-state index in [0.717, 1.165) is 48.4 Å². The van der Waals surface area contributed by atoms with Gasteiger partial charge in [0.25, 0.3) is 5.91 Å². The number of anilines is 1. The van der Waals surface area contributed by atoms with E-state index >= 15 is 0 Å². The fraction of sp³-hybridized carbons (Fsp3) is 0.500. The lowest BCUT2D eigenvalue weighted by Crippen LogP contribution is -2.60. The van der Waals surface area contributed by atoms with Gasteiger partial charge in [-0.1, -0.05) is 64.3 Å². The Kier molecular flexibility index (Phi) is 7.41. The summed E-state index contributed by atoms with van der Waals surface area (Å²) in [5, 5.41) is 3.72. The van der Waals surface area contributed by atoms with Gasteiger partial charge in [0.05, 0.1) is 12.2 Å². The summed E-state index contributed by atoms with van der Waals surface area (Å²) in [6, 6.07) is 16.2. The zero-order valence-electron chi connectivity index (χ0n) is 18.9. The van der Waals surface area contributed by atoms with Crippen molar-refractivity contribution in [1.82, 2.24) is 4.90 Å². The van der Waals surface area contributed by atoms with E-state index in [1.54, 1.807) is 0 Å². The molecule has 4 nitrogen and oxygen atoms in total. The van der Waals surface area contributed by atoms with Crippen LogP contribution in [0.2, 0.25) is 0 Å². The van der Waals surface area contributed by atoms with Crippen LogP contribution in [-0.4, -0.2) is 23.5 Å². The molecule has 0 spiro atoms. The Hall–Kier alpha value is -2.49. The SMILES string of the molecule is CCCCCCOc1ccc(C2(CC)Nc3ccccc3C(=O)N2C(C)CC)cc1. The summed E-state index contributed by atoms with van der Waals surface area (Å²) in [6.45, 7) is 9.37. The molecule has 30 heavy (non-hydrogen) atoms. The Morgan fingerprint density at radius 3 is 2.40 bits per heavy atom. The Balaban J connectivity index is 1.89. The molecule has 2 unspecified atom stereocenters. The van der Waals surface area contributed by atoms with E-state index in [1.807, 2.05) is 41.3 Å². The van der Waals surface area contributed by atoms with Gasteiger partial charge in [0.2, 0.25) is 0 Å². The minimum absolute atomic E-state index is 0.0943. The van der Waals surface area contributed by atoms with E-state index in [2.05, 4.69) is 45.1 Å². The number of para-hydroxylation sites is 1. The van der Waals surface area contributed by atoms with Crippen molar-refractivity contribution in [3.8, 4) is 5.75 Å². The lowest BCUT2D eigenvalue weighted by atomic mass is 9.88. The van der Waals surface area contributed by atoms with Gasteiger partial charge in [-0.2, -0.15) is 0 Å². The summed E-state index contributed by atoms with van der Waals surface area (Å²) in [6.07, 6.45) is 6.46. The highest BCUT2D eigenvalue weighted by Crippen LogP contribution is 2.42. The maximum Gasteiger partial charge on any atom is 0.258 e. The van der Waals surface area contributed by atoms with Gasteiger partial charge < -0.3 is 15.0 Å². The van der Waals surface area contributed by atoms with Gasteiger partial charge in [-0.05, 0) is 56.0 Å². The molecule has 2 aromatic rings. The number of benzene rings is 2. The number of carbonyl (C=O) groups is 1. The van der Waals surface area contributed by atoms with Crippen LogP contribution in [0.15, 0.2) is 48.5 Å². The minimum atomic E-state index is -0.569. The summed E-state index contributed by atoms with van der Waals surface area (Å²) < 4.78 is 5.93. The van der Waals surface area contributed by atoms with Crippen molar-refractivity contribution < 1.29 is 9.53 Å². The molecule has 1 aliphatic rings. The van der Waals surface area contributed by atoms with Crippen LogP contribution >= 0.6 is 0 Å². The molecule has 1 heterocycles. The number of nitrogens with zero attached hydrogens (tertiary/aromatic N) is 1. The van der Waals surface area contributed by atoms with Gasteiger partial charge in [-0.25, -0.2) is 0 Å². The number of rotatable bonds is 10. The molecule has 0 radical (unpaired) electrons. The van der Waals surface area contributed by atoms with E-state index in [0.29, 0.717) is 0 Å². The first-order chi connectivity index (χ1) is 14.6. The number of unbranched alkanes of at least 4 members (excludes halogenated alkanes) is 3. The molecule has 0 saturated heterocycles.